The first kappa shape index (κ1) is 13.2. The Labute approximate surface area is 97.3 Å². The fourth-order valence-electron chi connectivity index (χ4n) is 1.34. The number of rotatable bonds is 2. The summed E-state index contributed by atoms with van der Waals surface area (Å²) in [7, 11) is 3.15. The van der Waals surface area contributed by atoms with Crippen LogP contribution in [0.25, 0.3) is 0 Å². The summed E-state index contributed by atoms with van der Waals surface area (Å²) in [5.41, 5.74) is -0.138. The summed E-state index contributed by atoms with van der Waals surface area (Å²) >= 11 is 0. The molecule has 3 nitrogen and oxygen atoms in total. The molecule has 0 saturated heterocycles. The van der Waals surface area contributed by atoms with Gasteiger partial charge in [-0.1, -0.05) is 12.1 Å². The SMILES string of the molecule is C=NN(C)C(=NC)c1ccc(C(F)(F)F)cc1. The molecule has 0 N–H and O–H groups in total. The summed E-state index contributed by atoms with van der Waals surface area (Å²) in [5.74, 6) is 0.453. The van der Waals surface area contributed by atoms with Crippen molar-refractivity contribution in [2.45, 2.75) is 6.18 Å². The number of hydrazone groups is 1. The van der Waals surface area contributed by atoms with Crippen LogP contribution in [-0.2, 0) is 6.18 Å². The van der Waals surface area contributed by atoms with Crippen molar-refractivity contribution < 1.29 is 13.2 Å². The van der Waals surface area contributed by atoms with Crippen molar-refractivity contribution in [2.24, 2.45) is 10.1 Å². The maximum Gasteiger partial charge on any atom is 0.416 e. The highest BCUT2D eigenvalue weighted by molar-refractivity contribution is 5.98. The quantitative estimate of drug-likeness (QED) is 0.446. The highest BCUT2D eigenvalue weighted by Crippen LogP contribution is 2.29. The van der Waals surface area contributed by atoms with E-state index in [2.05, 4.69) is 16.8 Å². The molecule has 0 aliphatic heterocycles. The second-order valence-corrected chi connectivity index (χ2v) is 3.29. The molecule has 0 amide bonds. The minimum atomic E-state index is -4.33. The van der Waals surface area contributed by atoms with Crippen LogP contribution in [0.4, 0.5) is 13.2 Å². The maximum absolute atomic E-state index is 12.4. The van der Waals surface area contributed by atoms with E-state index in [0.29, 0.717) is 11.4 Å². The second-order valence-electron chi connectivity index (χ2n) is 3.29. The molecule has 1 rings (SSSR count). The van der Waals surface area contributed by atoms with E-state index in [-0.39, 0.29) is 0 Å². The van der Waals surface area contributed by atoms with Crippen LogP contribution in [0, 0.1) is 0 Å². The van der Waals surface area contributed by atoms with Gasteiger partial charge in [-0.3, -0.25) is 10.0 Å². The number of aliphatic imine (C=N–C) groups is 1. The summed E-state index contributed by atoms with van der Waals surface area (Å²) in [6, 6.07) is 4.73. The molecular weight excluding hydrogens is 231 g/mol. The largest absolute Gasteiger partial charge is 0.416 e. The first-order valence-corrected chi connectivity index (χ1v) is 4.75. The molecule has 0 unspecified atom stereocenters. The highest BCUT2D eigenvalue weighted by Gasteiger charge is 2.30. The molecule has 0 heterocycles. The van der Waals surface area contributed by atoms with Crippen LogP contribution in [0.5, 0.6) is 0 Å². The monoisotopic (exact) mass is 243 g/mol. The van der Waals surface area contributed by atoms with Crippen LogP contribution >= 0.6 is 0 Å². The molecule has 0 spiro atoms. The predicted molar refractivity (Wildman–Crippen MR) is 61.2 cm³/mol. The molecule has 0 radical (unpaired) electrons. The van der Waals surface area contributed by atoms with Crippen LogP contribution in [0.15, 0.2) is 34.4 Å². The van der Waals surface area contributed by atoms with E-state index in [9.17, 15) is 13.2 Å². The lowest BCUT2D eigenvalue weighted by Crippen LogP contribution is -2.22. The van der Waals surface area contributed by atoms with Crippen molar-refractivity contribution in [1.29, 1.82) is 0 Å². The molecular formula is C11H12F3N3. The summed E-state index contributed by atoms with van der Waals surface area (Å²) in [4.78, 5) is 3.95. The van der Waals surface area contributed by atoms with E-state index in [4.69, 9.17) is 0 Å². The van der Waals surface area contributed by atoms with Gasteiger partial charge < -0.3 is 0 Å². The van der Waals surface area contributed by atoms with Crippen LogP contribution in [0.2, 0.25) is 0 Å². The molecule has 0 aromatic heterocycles. The average Bonchev–Trinajstić information content (AvgIpc) is 2.29. The molecule has 17 heavy (non-hydrogen) atoms. The Kier molecular flexibility index (Phi) is 3.88. The first-order valence-electron chi connectivity index (χ1n) is 4.75. The molecule has 0 bridgehead atoms. The average molecular weight is 243 g/mol. The molecule has 1 aromatic rings. The molecule has 0 aliphatic rings. The second kappa shape index (κ2) is 4.99. The summed E-state index contributed by atoms with van der Waals surface area (Å²) < 4.78 is 37.1. The van der Waals surface area contributed by atoms with Crippen molar-refractivity contribution in [2.75, 3.05) is 14.1 Å². The topological polar surface area (TPSA) is 28.0 Å². The van der Waals surface area contributed by atoms with E-state index in [1.54, 1.807) is 7.05 Å². The van der Waals surface area contributed by atoms with Gasteiger partial charge in [0.15, 0.2) is 5.84 Å². The zero-order chi connectivity index (χ0) is 13.1. The van der Waals surface area contributed by atoms with Gasteiger partial charge in [0.1, 0.15) is 0 Å². The Bertz CT molecular complexity index is 421. The first-order chi connectivity index (χ1) is 7.90. The van der Waals surface area contributed by atoms with E-state index in [1.807, 2.05) is 0 Å². The number of nitrogens with zero attached hydrogens (tertiary/aromatic N) is 3. The Balaban J connectivity index is 3.06. The van der Waals surface area contributed by atoms with Gasteiger partial charge in [-0.2, -0.15) is 18.3 Å². The smallest absolute Gasteiger partial charge is 0.270 e. The molecule has 1 aromatic carbocycles. The van der Waals surface area contributed by atoms with Gasteiger partial charge in [-0.15, -0.1) is 0 Å². The summed E-state index contributed by atoms with van der Waals surface area (Å²) in [6.07, 6.45) is -4.33. The Morgan fingerprint density at radius 3 is 2.12 bits per heavy atom. The van der Waals surface area contributed by atoms with Crippen molar-refractivity contribution in [3.63, 3.8) is 0 Å². The van der Waals surface area contributed by atoms with Gasteiger partial charge in [-0.25, -0.2) is 0 Å². The van der Waals surface area contributed by atoms with Crippen LogP contribution in [0.1, 0.15) is 11.1 Å². The Morgan fingerprint density at radius 2 is 1.76 bits per heavy atom. The van der Waals surface area contributed by atoms with Crippen LogP contribution in [-0.4, -0.2) is 31.7 Å². The molecule has 0 aliphatic carbocycles. The predicted octanol–water partition coefficient (Wildman–Crippen LogP) is 2.63. The van der Waals surface area contributed by atoms with Crippen LogP contribution < -0.4 is 0 Å². The lowest BCUT2D eigenvalue weighted by Gasteiger charge is -2.15. The third-order valence-corrected chi connectivity index (χ3v) is 2.20. The maximum atomic E-state index is 12.4. The van der Waals surface area contributed by atoms with Gasteiger partial charge in [0, 0.05) is 26.4 Å². The zero-order valence-electron chi connectivity index (χ0n) is 9.49. The third kappa shape index (κ3) is 3.05. The zero-order valence-corrected chi connectivity index (χ0v) is 9.49. The Hall–Kier alpha value is -1.85. The van der Waals surface area contributed by atoms with Crippen molar-refractivity contribution in [1.82, 2.24) is 5.01 Å². The number of halogens is 3. The van der Waals surface area contributed by atoms with Crippen molar-refractivity contribution >= 4 is 12.6 Å². The van der Waals surface area contributed by atoms with E-state index in [1.165, 1.54) is 24.2 Å². The van der Waals surface area contributed by atoms with Crippen LogP contribution in [0.3, 0.4) is 0 Å². The fraction of sp³-hybridized carbons (Fsp3) is 0.273. The minimum absolute atomic E-state index is 0.453. The number of amidine groups is 1. The lowest BCUT2D eigenvalue weighted by molar-refractivity contribution is -0.137. The Morgan fingerprint density at radius 1 is 1.24 bits per heavy atom. The molecule has 92 valence electrons. The standard InChI is InChI=1S/C11H12F3N3/c1-15-10(17(3)16-2)8-4-6-9(7-5-8)11(12,13)14/h4-7H,2H2,1,3H3. The van der Waals surface area contributed by atoms with Crippen molar-refractivity contribution in [3.8, 4) is 0 Å². The molecule has 6 heteroatoms. The number of hydrogen-bond acceptors (Lipinski definition) is 2. The van der Waals surface area contributed by atoms with Gasteiger partial charge in [0.25, 0.3) is 0 Å². The number of hydrogen-bond donors (Lipinski definition) is 0. The van der Waals surface area contributed by atoms with Gasteiger partial charge >= 0.3 is 6.18 Å². The lowest BCUT2D eigenvalue weighted by atomic mass is 10.1. The van der Waals surface area contributed by atoms with Gasteiger partial charge in [0.05, 0.1) is 5.56 Å². The number of benzene rings is 1. The summed E-state index contributed by atoms with van der Waals surface area (Å²) in [5, 5.41) is 5.03. The van der Waals surface area contributed by atoms with Gasteiger partial charge in [0.2, 0.25) is 0 Å². The molecule has 0 fully saturated rings. The number of alkyl halides is 3. The van der Waals surface area contributed by atoms with E-state index in [0.717, 1.165) is 12.1 Å². The fourth-order valence-corrected chi connectivity index (χ4v) is 1.34. The molecule has 0 atom stereocenters. The minimum Gasteiger partial charge on any atom is -0.270 e. The summed E-state index contributed by atoms with van der Waals surface area (Å²) in [6.45, 7) is 3.33. The van der Waals surface area contributed by atoms with E-state index >= 15 is 0 Å². The van der Waals surface area contributed by atoms with E-state index < -0.39 is 11.7 Å². The van der Waals surface area contributed by atoms with Gasteiger partial charge in [-0.05, 0) is 12.1 Å². The normalized spacial score (nSPS) is 12.4. The van der Waals surface area contributed by atoms with Crippen molar-refractivity contribution in [3.05, 3.63) is 35.4 Å². The molecule has 0 saturated carbocycles. The third-order valence-electron chi connectivity index (χ3n) is 2.20. The highest BCUT2D eigenvalue weighted by atomic mass is 19.4.